The minimum absolute atomic E-state index is 0.0304. The van der Waals surface area contributed by atoms with Gasteiger partial charge in [-0.2, -0.15) is 0 Å². The van der Waals surface area contributed by atoms with Crippen molar-refractivity contribution in [3.05, 3.63) is 60.8 Å². The molecule has 0 aliphatic heterocycles. The first-order valence-corrected chi connectivity index (χ1v) is 40.0. The number of ether oxygens (including phenoxy) is 2. The lowest BCUT2D eigenvalue weighted by molar-refractivity contribution is -0.870. The van der Waals surface area contributed by atoms with Crippen LogP contribution in [0.1, 0.15) is 380 Å². The van der Waals surface area contributed by atoms with E-state index in [-0.39, 0.29) is 32.0 Å². The smallest absolute Gasteiger partial charge is 0.306 e. The van der Waals surface area contributed by atoms with Gasteiger partial charge in [0.15, 0.2) is 6.10 Å². The maximum Gasteiger partial charge on any atom is 0.306 e. The van der Waals surface area contributed by atoms with Crippen LogP contribution in [0.2, 0.25) is 0 Å². The van der Waals surface area contributed by atoms with E-state index < -0.39 is 26.5 Å². The third-order valence-electron chi connectivity index (χ3n) is 17.3. The first-order chi connectivity index (χ1) is 43.5. The van der Waals surface area contributed by atoms with Gasteiger partial charge in [0.1, 0.15) is 19.8 Å². The van der Waals surface area contributed by atoms with Crippen LogP contribution in [0, 0.1) is 0 Å². The Kier molecular flexibility index (Phi) is 68.2. The zero-order valence-corrected chi connectivity index (χ0v) is 60.5. The predicted molar refractivity (Wildman–Crippen MR) is 383 cm³/mol. The molecule has 2 atom stereocenters. The fourth-order valence-electron chi connectivity index (χ4n) is 11.5. The Morgan fingerprint density at radius 2 is 0.640 bits per heavy atom. The lowest BCUT2D eigenvalue weighted by Gasteiger charge is -2.28. The molecule has 0 amide bonds. The van der Waals surface area contributed by atoms with E-state index in [0.717, 1.165) is 70.6 Å². The van der Waals surface area contributed by atoms with Gasteiger partial charge in [-0.3, -0.25) is 14.2 Å². The highest BCUT2D eigenvalue weighted by atomic mass is 31.2. The van der Waals surface area contributed by atoms with E-state index in [9.17, 15) is 19.0 Å². The highest BCUT2D eigenvalue weighted by molar-refractivity contribution is 7.45. The van der Waals surface area contributed by atoms with E-state index in [4.69, 9.17) is 18.5 Å². The number of quaternary nitrogens is 1. The number of rotatable bonds is 72. The Morgan fingerprint density at radius 1 is 0.360 bits per heavy atom. The van der Waals surface area contributed by atoms with Crippen LogP contribution in [-0.2, 0) is 32.7 Å². The molecular weight excluding hydrogens is 1120 g/mol. The van der Waals surface area contributed by atoms with Gasteiger partial charge in [-0.15, -0.1) is 0 Å². The van der Waals surface area contributed by atoms with Crippen LogP contribution in [0.3, 0.4) is 0 Å². The zero-order valence-electron chi connectivity index (χ0n) is 59.6. The van der Waals surface area contributed by atoms with Crippen molar-refractivity contribution in [2.75, 3.05) is 47.5 Å². The van der Waals surface area contributed by atoms with Crippen LogP contribution < -0.4 is 4.89 Å². The van der Waals surface area contributed by atoms with Crippen molar-refractivity contribution < 1.29 is 42.1 Å². The Labute approximate surface area is 553 Å². The molecule has 0 spiro atoms. The van der Waals surface area contributed by atoms with Gasteiger partial charge in [0, 0.05) is 12.8 Å². The van der Waals surface area contributed by atoms with Gasteiger partial charge in [0.25, 0.3) is 7.82 Å². The number of phosphoric acid groups is 1. The van der Waals surface area contributed by atoms with E-state index in [0.29, 0.717) is 17.4 Å². The number of carbonyl (C=O) groups excluding carboxylic acids is 2. The highest BCUT2D eigenvalue weighted by Gasteiger charge is 2.22. The third kappa shape index (κ3) is 74.6. The average Bonchev–Trinajstić information content (AvgIpc) is 3.60. The summed E-state index contributed by atoms with van der Waals surface area (Å²) in [4.78, 5) is 38.1. The van der Waals surface area contributed by atoms with Crippen LogP contribution >= 0.6 is 7.82 Å². The SMILES string of the molecule is CC/C=C\C/C=C\C/C=C\C/C=C\C/C=C\CCCCCCCCCCCCCCCC(=O)OC(COC(=O)CCCCCCCCCCCCCCCCCCCCCCCCCCCCCCCCCCCCCC)COP(=O)([O-])OCC[N+](C)(C)C. The molecule has 0 aromatic rings. The molecule has 0 aromatic carbocycles. The van der Waals surface area contributed by atoms with Gasteiger partial charge in [-0.25, -0.2) is 0 Å². The number of esters is 2. The molecule has 0 radical (unpaired) electrons. The first-order valence-electron chi connectivity index (χ1n) is 38.5. The summed E-state index contributed by atoms with van der Waals surface area (Å²) in [5, 5.41) is 0. The van der Waals surface area contributed by atoms with E-state index in [1.165, 1.54) is 276 Å². The van der Waals surface area contributed by atoms with Gasteiger partial charge in [-0.05, 0) is 57.8 Å². The first kappa shape index (κ1) is 86.7. The Balaban J connectivity index is 3.93. The van der Waals surface area contributed by atoms with Crippen LogP contribution in [0.4, 0.5) is 0 Å². The molecule has 0 aliphatic rings. The van der Waals surface area contributed by atoms with Crippen molar-refractivity contribution in [2.45, 2.75) is 386 Å². The average molecular weight is 1270 g/mol. The molecule has 0 saturated heterocycles. The second kappa shape index (κ2) is 70.0. The minimum atomic E-state index is -4.64. The molecule has 2 unspecified atom stereocenters. The van der Waals surface area contributed by atoms with Gasteiger partial charge < -0.3 is 27.9 Å². The van der Waals surface area contributed by atoms with E-state index >= 15 is 0 Å². The monoisotopic (exact) mass is 1270 g/mol. The van der Waals surface area contributed by atoms with Crippen LogP contribution in [0.25, 0.3) is 0 Å². The number of allylic oxidation sites excluding steroid dienone is 10. The fourth-order valence-corrected chi connectivity index (χ4v) is 12.2. The number of unbranched alkanes of at least 4 members (excludes halogenated alkanes) is 48. The second-order valence-electron chi connectivity index (χ2n) is 27.4. The number of hydrogen-bond donors (Lipinski definition) is 0. The number of hydrogen-bond acceptors (Lipinski definition) is 8. The molecule has 0 fully saturated rings. The third-order valence-corrected chi connectivity index (χ3v) is 18.3. The van der Waals surface area contributed by atoms with Gasteiger partial charge in [-0.1, -0.05) is 370 Å². The quantitative estimate of drug-likeness (QED) is 0.0195. The molecule has 0 saturated carbocycles. The summed E-state index contributed by atoms with van der Waals surface area (Å²) in [6, 6.07) is 0. The van der Waals surface area contributed by atoms with Crippen molar-refractivity contribution in [1.82, 2.24) is 0 Å². The number of nitrogens with zero attached hydrogens (tertiary/aromatic N) is 1. The van der Waals surface area contributed by atoms with Crippen molar-refractivity contribution >= 4 is 19.8 Å². The highest BCUT2D eigenvalue weighted by Crippen LogP contribution is 2.38. The van der Waals surface area contributed by atoms with Crippen LogP contribution in [0.5, 0.6) is 0 Å². The maximum absolute atomic E-state index is 12.9. The lowest BCUT2D eigenvalue weighted by Crippen LogP contribution is -2.37. The number of phosphoric ester groups is 1. The van der Waals surface area contributed by atoms with Crippen molar-refractivity contribution in [1.29, 1.82) is 0 Å². The largest absolute Gasteiger partial charge is 0.756 e. The molecule has 0 aliphatic carbocycles. The second-order valence-corrected chi connectivity index (χ2v) is 28.8. The fraction of sp³-hybridized carbons (Fsp3) is 0.848. The predicted octanol–water partition coefficient (Wildman–Crippen LogP) is 24.7. The zero-order chi connectivity index (χ0) is 64.8. The summed E-state index contributed by atoms with van der Waals surface area (Å²) in [5.74, 6) is -0.817. The summed E-state index contributed by atoms with van der Waals surface area (Å²) in [6.07, 6.45) is 93.4. The van der Waals surface area contributed by atoms with Crippen molar-refractivity contribution in [3.8, 4) is 0 Å². The molecule has 89 heavy (non-hydrogen) atoms. The summed E-state index contributed by atoms with van der Waals surface area (Å²) in [5.41, 5.74) is 0. The molecule has 0 bridgehead atoms. The Bertz CT molecular complexity index is 1690. The van der Waals surface area contributed by atoms with Crippen LogP contribution in [0.15, 0.2) is 60.8 Å². The van der Waals surface area contributed by atoms with Gasteiger partial charge in [0.2, 0.25) is 0 Å². The van der Waals surface area contributed by atoms with Gasteiger partial charge >= 0.3 is 11.9 Å². The number of likely N-dealkylation sites (N-methyl/N-ethyl adjacent to an activating group) is 1. The summed E-state index contributed by atoms with van der Waals surface area (Å²) >= 11 is 0. The molecular formula is C79H148NO8P. The molecule has 10 heteroatoms. The Hall–Kier alpha value is -2.29. The van der Waals surface area contributed by atoms with Gasteiger partial charge in [0.05, 0.1) is 27.7 Å². The number of carbonyl (C=O) groups is 2. The van der Waals surface area contributed by atoms with E-state index in [2.05, 4.69) is 74.6 Å². The molecule has 0 N–H and O–H groups in total. The lowest BCUT2D eigenvalue weighted by atomic mass is 10.0. The standard InChI is InChI=1S/C79H148NO8P/c1-6-8-10-12-14-16-18-20-22-24-26-28-30-32-34-36-37-38-39-40-41-42-44-45-47-49-51-53-55-57-59-61-63-65-67-69-71-78(81)85-75-77(76-87-89(83,84)86-74-73-80(3,4)5)88-79(82)72-70-68-66-64-62-60-58-56-54-52-50-48-46-43-35-33-31-29-27-25-23-21-19-17-15-13-11-9-7-2/h9,11,15,17,21,23,27,29,33,35,77H,6-8,10,12-14,16,18-20,22,24-26,28,30-32,34,36-76H2,1-5H3/b11-9-,17-15-,23-21-,29-27-,35-33-. The normalized spacial score (nSPS) is 13.4. The summed E-state index contributed by atoms with van der Waals surface area (Å²) in [7, 11) is 1.18. The molecule has 0 heterocycles. The molecule has 522 valence electrons. The van der Waals surface area contributed by atoms with E-state index in [1.807, 2.05) is 21.1 Å². The molecule has 0 aromatic heterocycles. The summed E-state index contributed by atoms with van der Waals surface area (Å²) in [6.45, 7) is 4.19. The molecule has 0 rings (SSSR count). The van der Waals surface area contributed by atoms with Crippen LogP contribution in [-0.4, -0.2) is 70.0 Å². The maximum atomic E-state index is 12.9. The topological polar surface area (TPSA) is 111 Å². The minimum Gasteiger partial charge on any atom is -0.756 e. The Morgan fingerprint density at radius 3 is 0.955 bits per heavy atom. The van der Waals surface area contributed by atoms with E-state index in [1.54, 1.807) is 0 Å². The molecule has 9 nitrogen and oxygen atoms in total. The van der Waals surface area contributed by atoms with Crippen molar-refractivity contribution in [3.63, 3.8) is 0 Å². The van der Waals surface area contributed by atoms with Crippen molar-refractivity contribution in [2.24, 2.45) is 0 Å². The summed E-state index contributed by atoms with van der Waals surface area (Å²) < 4.78 is 34.4.